The highest BCUT2D eigenvalue weighted by atomic mass is 35.5. The second-order valence-corrected chi connectivity index (χ2v) is 9.92. The molecule has 0 heterocycles. The molecule has 2 amide bonds. The minimum atomic E-state index is -3.83. The van der Waals surface area contributed by atoms with Crippen molar-refractivity contribution in [2.75, 3.05) is 24.2 Å². The minimum absolute atomic E-state index is 0.0843. The largest absolute Gasteiger partial charge is 0.357 e. The van der Waals surface area contributed by atoms with Gasteiger partial charge in [-0.15, -0.1) is 0 Å². The summed E-state index contributed by atoms with van der Waals surface area (Å²) in [6.45, 7) is 0.910. The lowest BCUT2D eigenvalue weighted by Gasteiger charge is -2.31. The Bertz CT molecular complexity index is 1060. The van der Waals surface area contributed by atoms with Crippen molar-refractivity contribution in [2.45, 2.75) is 19.5 Å². The Hall–Kier alpha value is -2.00. The smallest absolute Gasteiger partial charge is 0.244 e. The summed E-state index contributed by atoms with van der Waals surface area (Å²) in [6, 6.07) is 10.1. The quantitative estimate of drug-likeness (QED) is 0.593. The molecule has 11 heteroatoms. The summed E-state index contributed by atoms with van der Waals surface area (Å²) in [6.07, 6.45) is 0.985. The third-order valence-corrected chi connectivity index (χ3v) is 6.66. The number of carbonyl (C=O) groups excluding carboxylic acids is 2. The lowest BCUT2D eigenvalue weighted by molar-refractivity contribution is -0.139. The molecule has 1 atom stereocenters. The van der Waals surface area contributed by atoms with Crippen LogP contribution in [0, 0.1) is 0 Å². The molecule has 0 spiro atoms. The molecule has 0 saturated heterocycles. The zero-order valence-corrected chi connectivity index (χ0v) is 20.2. The van der Waals surface area contributed by atoms with E-state index in [4.69, 9.17) is 34.8 Å². The summed E-state index contributed by atoms with van der Waals surface area (Å²) < 4.78 is 25.8. The number of amides is 2. The number of anilines is 1. The highest BCUT2D eigenvalue weighted by Gasteiger charge is 2.30. The number of nitrogens with zero attached hydrogens (tertiary/aromatic N) is 2. The van der Waals surface area contributed by atoms with Crippen LogP contribution in [0.2, 0.25) is 15.1 Å². The zero-order chi connectivity index (χ0) is 23.3. The molecular formula is C20H22Cl3N3O4S. The molecule has 168 valence electrons. The fourth-order valence-electron chi connectivity index (χ4n) is 2.89. The van der Waals surface area contributed by atoms with Gasteiger partial charge in [-0.1, -0.05) is 46.9 Å². The van der Waals surface area contributed by atoms with Crippen LogP contribution in [0.15, 0.2) is 42.5 Å². The normalized spacial score (nSPS) is 12.2. The fourth-order valence-corrected chi connectivity index (χ4v) is 4.43. The number of sulfonamides is 1. The first-order valence-electron chi connectivity index (χ1n) is 9.13. The number of hydrogen-bond donors (Lipinski definition) is 1. The van der Waals surface area contributed by atoms with Gasteiger partial charge in [0.05, 0.1) is 11.9 Å². The maximum absolute atomic E-state index is 13.3. The van der Waals surface area contributed by atoms with E-state index in [1.165, 1.54) is 31.0 Å². The van der Waals surface area contributed by atoms with Crippen molar-refractivity contribution in [1.29, 1.82) is 0 Å². The Morgan fingerprint density at radius 3 is 2.16 bits per heavy atom. The topological polar surface area (TPSA) is 86.8 Å². The first kappa shape index (κ1) is 25.3. The predicted molar refractivity (Wildman–Crippen MR) is 124 cm³/mol. The van der Waals surface area contributed by atoms with Gasteiger partial charge in [-0.25, -0.2) is 8.42 Å². The highest BCUT2D eigenvalue weighted by molar-refractivity contribution is 7.92. The van der Waals surface area contributed by atoms with Crippen LogP contribution < -0.4 is 9.62 Å². The highest BCUT2D eigenvalue weighted by Crippen LogP contribution is 2.27. The first-order valence-corrected chi connectivity index (χ1v) is 12.1. The van der Waals surface area contributed by atoms with E-state index in [2.05, 4.69) is 5.32 Å². The molecule has 7 nitrogen and oxygen atoms in total. The van der Waals surface area contributed by atoms with Crippen LogP contribution >= 0.6 is 34.8 Å². The van der Waals surface area contributed by atoms with Gasteiger partial charge in [0, 0.05) is 34.2 Å². The molecule has 0 bridgehead atoms. The maximum Gasteiger partial charge on any atom is 0.244 e. The van der Waals surface area contributed by atoms with E-state index < -0.39 is 34.4 Å². The molecule has 0 aliphatic carbocycles. The second-order valence-electron chi connectivity index (χ2n) is 6.76. The number of rotatable bonds is 8. The summed E-state index contributed by atoms with van der Waals surface area (Å²) in [7, 11) is -2.39. The van der Waals surface area contributed by atoms with E-state index in [0.29, 0.717) is 20.6 Å². The van der Waals surface area contributed by atoms with E-state index in [1.54, 1.807) is 30.3 Å². The lowest BCUT2D eigenvalue weighted by Crippen LogP contribution is -2.50. The van der Waals surface area contributed by atoms with Gasteiger partial charge in [-0.05, 0) is 37.3 Å². The lowest BCUT2D eigenvalue weighted by atomic mass is 10.1. The van der Waals surface area contributed by atoms with Crippen molar-refractivity contribution >= 4 is 62.3 Å². The van der Waals surface area contributed by atoms with Gasteiger partial charge < -0.3 is 10.2 Å². The first-order chi connectivity index (χ1) is 14.5. The molecule has 0 saturated carbocycles. The van der Waals surface area contributed by atoms with Crippen molar-refractivity contribution in [2.24, 2.45) is 0 Å². The molecule has 31 heavy (non-hydrogen) atoms. The number of halogens is 3. The van der Waals surface area contributed by atoms with Crippen LogP contribution in [-0.4, -0.2) is 51.0 Å². The third-order valence-electron chi connectivity index (χ3n) is 4.58. The number of benzene rings is 2. The molecule has 0 fully saturated rings. The van der Waals surface area contributed by atoms with Gasteiger partial charge in [0.2, 0.25) is 21.8 Å². The molecule has 2 aromatic rings. The molecule has 0 aliphatic heterocycles. The molecule has 1 N–H and O–H groups in total. The second kappa shape index (κ2) is 10.5. The number of hydrogen-bond acceptors (Lipinski definition) is 4. The van der Waals surface area contributed by atoms with Crippen molar-refractivity contribution in [3.8, 4) is 0 Å². The van der Waals surface area contributed by atoms with Crippen molar-refractivity contribution in [3.05, 3.63) is 63.1 Å². The standard InChI is InChI=1S/C20H22Cl3N3O4S/c1-13(20(28)24-2)25(11-16-17(22)8-5-9-18(16)23)19(27)12-26(31(3,29)30)15-7-4-6-14(21)10-15/h4-10,13H,11-12H2,1-3H3,(H,24,28)/t13-/m1/s1. The van der Waals surface area contributed by atoms with Crippen LogP contribution in [0.3, 0.4) is 0 Å². The van der Waals surface area contributed by atoms with Crippen molar-refractivity contribution in [3.63, 3.8) is 0 Å². The van der Waals surface area contributed by atoms with Gasteiger partial charge in [-0.2, -0.15) is 0 Å². The van der Waals surface area contributed by atoms with Gasteiger partial charge in [0.25, 0.3) is 0 Å². The zero-order valence-electron chi connectivity index (χ0n) is 17.1. The van der Waals surface area contributed by atoms with Gasteiger partial charge >= 0.3 is 0 Å². The average molecular weight is 507 g/mol. The number of likely N-dealkylation sites (N-methyl/N-ethyl adjacent to an activating group) is 1. The molecule has 0 radical (unpaired) electrons. The van der Waals surface area contributed by atoms with E-state index in [-0.39, 0.29) is 12.2 Å². The monoisotopic (exact) mass is 505 g/mol. The van der Waals surface area contributed by atoms with Gasteiger partial charge in [0.15, 0.2) is 0 Å². The van der Waals surface area contributed by atoms with Crippen LogP contribution in [0.1, 0.15) is 12.5 Å². The molecule has 2 rings (SSSR count). The Kier molecular flexibility index (Phi) is 8.59. The van der Waals surface area contributed by atoms with Gasteiger partial charge in [-0.3, -0.25) is 13.9 Å². The van der Waals surface area contributed by atoms with Crippen molar-refractivity contribution in [1.82, 2.24) is 10.2 Å². The average Bonchev–Trinajstić information content (AvgIpc) is 2.69. The predicted octanol–water partition coefficient (Wildman–Crippen LogP) is 3.58. The summed E-state index contributed by atoms with van der Waals surface area (Å²) in [5.41, 5.74) is 0.676. The molecular weight excluding hydrogens is 485 g/mol. The molecule has 0 unspecified atom stereocenters. The maximum atomic E-state index is 13.3. The number of carbonyl (C=O) groups is 2. The van der Waals surface area contributed by atoms with E-state index in [9.17, 15) is 18.0 Å². The summed E-state index contributed by atoms with van der Waals surface area (Å²) in [4.78, 5) is 26.8. The summed E-state index contributed by atoms with van der Waals surface area (Å²) >= 11 is 18.5. The van der Waals surface area contributed by atoms with Crippen LogP contribution in [0.4, 0.5) is 5.69 Å². The Morgan fingerprint density at radius 2 is 1.65 bits per heavy atom. The van der Waals surface area contributed by atoms with Crippen LogP contribution in [0.5, 0.6) is 0 Å². The summed E-state index contributed by atoms with van der Waals surface area (Å²) in [5, 5.41) is 3.45. The molecule has 2 aromatic carbocycles. The number of nitrogens with one attached hydrogen (secondary N) is 1. The Balaban J connectivity index is 2.44. The summed E-state index contributed by atoms with van der Waals surface area (Å²) in [5.74, 6) is -1.04. The fraction of sp³-hybridized carbons (Fsp3) is 0.300. The van der Waals surface area contributed by atoms with E-state index in [0.717, 1.165) is 10.6 Å². The Morgan fingerprint density at radius 1 is 1.06 bits per heavy atom. The third kappa shape index (κ3) is 6.49. The SMILES string of the molecule is CNC(=O)[C@@H](C)N(Cc1c(Cl)cccc1Cl)C(=O)CN(c1cccc(Cl)c1)S(C)(=O)=O. The van der Waals surface area contributed by atoms with E-state index >= 15 is 0 Å². The Labute approximate surface area is 196 Å². The van der Waals surface area contributed by atoms with Crippen LogP contribution in [-0.2, 0) is 26.2 Å². The molecule has 0 aliphatic rings. The van der Waals surface area contributed by atoms with Crippen LogP contribution in [0.25, 0.3) is 0 Å². The van der Waals surface area contributed by atoms with Gasteiger partial charge in [0.1, 0.15) is 12.6 Å². The van der Waals surface area contributed by atoms with E-state index in [1.807, 2.05) is 0 Å². The molecule has 0 aromatic heterocycles. The van der Waals surface area contributed by atoms with Crippen molar-refractivity contribution < 1.29 is 18.0 Å². The minimum Gasteiger partial charge on any atom is -0.357 e.